The summed E-state index contributed by atoms with van der Waals surface area (Å²) in [6.07, 6.45) is 8.61. The van der Waals surface area contributed by atoms with E-state index in [1.165, 1.54) is 31.0 Å². The minimum atomic E-state index is -0.259. The highest BCUT2D eigenvalue weighted by Gasteiger charge is 2.33. The number of aromatic nitrogens is 1. The van der Waals surface area contributed by atoms with E-state index >= 15 is 0 Å². The number of nitrogens with zero attached hydrogens (tertiary/aromatic N) is 4. The molecule has 2 fully saturated rings. The van der Waals surface area contributed by atoms with Gasteiger partial charge in [0.2, 0.25) is 0 Å². The third-order valence-corrected chi connectivity index (χ3v) is 8.34. The molecule has 8 heteroatoms. The number of piperidine rings is 1. The molecule has 0 aromatic carbocycles. The number of unbranched alkanes of at least 4 members (excludes halogenated alkanes) is 4. The fourth-order valence-electron chi connectivity index (χ4n) is 5.31. The van der Waals surface area contributed by atoms with E-state index in [4.69, 9.17) is 12.2 Å². The van der Waals surface area contributed by atoms with Gasteiger partial charge < -0.3 is 4.90 Å². The summed E-state index contributed by atoms with van der Waals surface area (Å²) in [6, 6.07) is 2.12. The van der Waals surface area contributed by atoms with Crippen LogP contribution in [0.4, 0.5) is 5.82 Å². The van der Waals surface area contributed by atoms with Crippen LogP contribution in [0.3, 0.4) is 0 Å². The molecule has 35 heavy (non-hydrogen) atoms. The molecule has 1 aromatic rings. The van der Waals surface area contributed by atoms with Gasteiger partial charge >= 0.3 is 0 Å². The van der Waals surface area contributed by atoms with E-state index in [9.17, 15) is 14.9 Å². The lowest BCUT2D eigenvalue weighted by Crippen LogP contribution is -2.42. The highest BCUT2D eigenvalue weighted by molar-refractivity contribution is 8.26. The largest absolute Gasteiger partial charge is 0.357 e. The van der Waals surface area contributed by atoms with Crippen LogP contribution in [0.5, 0.6) is 0 Å². The summed E-state index contributed by atoms with van der Waals surface area (Å²) in [5.41, 5.74) is 1.30. The second-order valence-corrected chi connectivity index (χ2v) is 11.7. The summed E-state index contributed by atoms with van der Waals surface area (Å²) < 4.78 is 2.29. The van der Waals surface area contributed by atoms with Gasteiger partial charge in [0.15, 0.2) is 0 Å². The van der Waals surface area contributed by atoms with Crippen LogP contribution >= 0.6 is 24.0 Å². The Kier molecular flexibility index (Phi) is 9.60. The van der Waals surface area contributed by atoms with E-state index in [0.717, 1.165) is 43.7 Å². The van der Waals surface area contributed by atoms with Crippen LogP contribution in [0, 0.1) is 30.1 Å². The first-order valence-corrected chi connectivity index (χ1v) is 14.1. The van der Waals surface area contributed by atoms with Crippen molar-refractivity contribution in [2.45, 2.75) is 79.7 Å². The van der Waals surface area contributed by atoms with Crippen LogP contribution in [0.25, 0.3) is 6.08 Å². The number of nitriles is 1. The highest BCUT2D eigenvalue weighted by atomic mass is 32.2. The predicted molar refractivity (Wildman–Crippen MR) is 150 cm³/mol. The molecule has 190 valence electrons. The van der Waals surface area contributed by atoms with E-state index in [2.05, 4.69) is 31.7 Å². The van der Waals surface area contributed by atoms with Crippen molar-refractivity contribution in [3.8, 4) is 6.07 Å². The SMILES string of the molecule is CCCCCCCN1C(=O)/C(=C/c2c(C)c(C#N)c(=O)n(CC)c2N2CC(C)CC(C)C2)SC1=S. The Bertz CT molecular complexity index is 1090. The Labute approximate surface area is 219 Å². The standard InChI is InChI=1S/C27H38N4O2S2/c1-6-8-9-10-11-12-31-26(33)23(35-27(31)34)14-21-20(5)22(15-28)25(32)30(7-2)24(21)29-16-18(3)13-19(4)17-29/h14,18-19H,6-13,16-17H2,1-5H3/b23-14-. The number of amides is 1. The van der Waals surface area contributed by atoms with Crippen molar-refractivity contribution < 1.29 is 4.79 Å². The van der Waals surface area contributed by atoms with Crippen LogP contribution in [0.2, 0.25) is 0 Å². The van der Waals surface area contributed by atoms with E-state index < -0.39 is 0 Å². The van der Waals surface area contributed by atoms with Gasteiger partial charge in [-0.1, -0.05) is 70.4 Å². The first-order chi connectivity index (χ1) is 16.7. The van der Waals surface area contributed by atoms with Crippen molar-refractivity contribution in [2.75, 3.05) is 24.5 Å². The van der Waals surface area contributed by atoms with Gasteiger partial charge in [0.05, 0.1) is 4.91 Å². The molecule has 2 saturated heterocycles. The molecule has 2 aliphatic heterocycles. The number of hydrogen-bond donors (Lipinski definition) is 0. The molecular weight excluding hydrogens is 476 g/mol. The van der Waals surface area contributed by atoms with Crippen molar-refractivity contribution in [1.29, 1.82) is 5.26 Å². The molecule has 0 saturated carbocycles. The van der Waals surface area contributed by atoms with Crippen LogP contribution < -0.4 is 10.5 Å². The zero-order valence-electron chi connectivity index (χ0n) is 21.7. The number of carbonyl (C=O) groups is 1. The molecule has 1 aromatic heterocycles. The number of thiocarbonyl (C=S) groups is 1. The smallest absolute Gasteiger partial charge is 0.270 e. The maximum absolute atomic E-state index is 13.3. The minimum Gasteiger partial charge on any atom is -0.357 e. The molecule has 0 N–H and O–H groups in total. The zero-order chi connectivity index (χ0) is 25.7. The van der Waals surface area contributed by atoms with E-state index in [0.29, 0.717) is 39.7 Å². The number of carbonyl (C=O) groups excluding carboxylic acids is 1. The van der Waals surface area contributed by atoms with Crippen molar-refractivity contribution in [3.05, 3.63) is 31.9 Å². The van der Waals surface area contributed by atoms with Gasteiger partial charge in [-0.15, -0.1) is 0 Å². The third kappa shape index (κ3) is 6.00. The zero-order valence-corrected chi connectivity index (χ0v) is 23.4. The summed E-state index contributed by atoms with van der Waals surface area (Å²) in [5.74, 6) is 1.73. The van der Waals surface area contributed by atoms with Crippen molar-refractivity contribution >= 4 is 46.1 Å². The van der Waals surface area contributed by atoms with Crippen molar-refractivity contribution in [3.63, 3.8) is 0 Å². The first kappa shape index (κ1) is 27.5. The van der Waals surface area contributed by atoms with Gasteiger partial charge in [0.1, 0.15) is 21.8 Å². The fourth-order valence-corrected chi connectivity index (χ4v) is 6.60. The average molecular weight is 515 g/mol. The molecule has 2 aliphatic rings. The molecule has 3 rings (SSSR count). The molecule has 1 amide bonds. The van der Waals surface area contributed by atoms with Gasteiger partial charge in [-0.2, -0.15) is 5.26 Å². The summed E-state index contributed by atoms with van der Waals surface area (Å²) in [6.45, 7) is 13.2. The van der Waals surface area contributed by atoms with Crippen LogP contribution in [-0.2, 0) is 11.3 Å². The molecule has 3 heterocycles. The maximum atomic E-state index is 13.3. The number of rotatable bonds is 9. The van der Waals surface area contributed by atoms with Gasteiger partial charge in [0.25, 0.3) is 11.5 Å². The van der Waals surface area contributed by atoms with Crippen molar-refractivity contribution in [1.82, 2.24) is 9.47 Å². The Balaban J connectivity index is 2.04. The molecule has 0 spiro atoms. The minimum absolute atomic E-state index is 0.0750. The third-order valence-electron chi connectivity index (χ3n) is 6.97. The number of hydrogen-bond acceptors (Lipinski definition) is 6. The summed E-state index contributed by atoms with van der Waals surface area (Å²) in [4.78, 5) is 31.1. The lowest BCUT2D eigenvalue weighted by atomic mass is 9.91. The fraction of sp³-hybridized carbons (Fsp3) is 0.630. The Morgan fingerprint density at radius 2 is 1.77 bits per heavy atom. The molecule has 0 radical (unpaired) electrons. The van der Waals surface area contributed by atoms with Gasteiger partial charge in [-0.25, -0.2) is 0 Å². The Morgan fingerprint density at radius 1 is 1.11 bits per heavy atom. The van der Waals surface area contributed by atoms with Crippen LogP contribution in [-0.4, -0.2) is 39.3 Å². The monoisotopic (exact) mass is 514 g/mol. The Morgan fingerprint density at radius 3 is 2.37 bits per heavy atom. The number of thioether (sulfide) groups is 1. The lowest BCUT2D eigenvalue weighted by molar-refractivity contribution is -0.122. The second kappa shape index (κ2) is 12.2. The van der Waals surface area contributed by atoms with Gasteiger partial charge in [-0.3, -0.25) is 19.1 Å². The number of anilines is 1. The molecule has 0 aliphatic carbocycles. The summed E-state index contributed by atoms with van der Waals surface area (Å²) >= 11 is 6.88. The highest BCUT2D eigenvalue weighted by Crippen LogP contribution is 2.37. The predicted octanol–water partition coefficient (Wildman–Crippen LogP) is 5.70. The van der Waals surface area contributed by atoms with E-state index in [-0.39, 0.29) is 17.0 Å². The summed E-state index contributed by atoms with van der Waals surface area (Å²) in [7, 11) is 0. The quantitative estimate of drug-likeness (QED) is 0.239. The molecule has 2 unspecified atom stereocenters. The van der Waals surface area contributed by atoms with Gasteiger partial charge in [-0.05, 0) is 50.2 Å². The second-order valence-electron chi connectivity index (χ2n) is 10.00. The normalized spacial score (nSPS) is 21.8. The molecular formula is C27H38N4O2S2. The Hall–Kier alpha value is -2.11. The molecule has 2 atom stereocenters. The topological polar surface area (TPSA) is 69.3 Å². The first-order valence-electron chi connectivity index (χ1n) is 12.9. The number of pyridine rings is 1. The lowest BCUT2D eigenvalue weighted by Gasteiger charge is -2.38. The molecule has 0 bridgehead atoms. The van der Waals surface area contributed by atoms with Crippen molar-refractivity contribution in [2.24, 2.45) is 11.8 Å². The maximum Gasteiger partial charge on any atom is 0.270 e. The van der Waals surface area contributed by atoms with Crippen LogP contribution in [0.1, 0.15) is 82.9 Å². The summed E-state index contributed by atoms with van der Waals surface area (Å²) in [5, 5.41) is 9.79. The van der Waals surface area contributed by atoms with Crippen LogP contribution in [0.15, 0.2) is 9.70 Å². The molecule has 6 nitrogen and oxygen atoms in total. The van der Waals surface area contributed by atoms with E-state index in [1.807, 2.05) is 19.9 Å². The van der Waals surface area contributed by atoms with E-state index in [1.54, 1.807) is 9.47 Å². The van der Waals surface area contributed by atoms with Gasteiger partial charge in [0, 0.05) is 31.7 Å². The average Bonchev–Trinajstić information content (AvgIpc) is 3.07.